The van der Waals surface area contributed by atoms with Crippen molar-refractivity contribution in [3.05, 3.63) is 28.3 Å². The van der Waals surface area contributed by atoms with Crippen LogP contribution >= 0.6 is 0 Å². The summed E-state index contributed by atoms with van der Waals surface area (Å²) in [5, 5.41) is 15.8. The summed E-state index contributed by atoms with van der Waals surface area (Å²) < 4.78 is 35.9. The van der Waals surface area contributed by atoms with Crippen LogP contribution in [0.5, 0.6) is 0 Å². The normalized spacial score (nSPS) is 11.1. The average Bonchev–Trinajstić information content (AvgIpc) is 2.26. The number of benzene rings is 1. The molecule has 2 N–H and O–H groups in total. The summed E-state index contributed by atoms with van der Waals surface area (Å²) in [5.74, 6) is 0. The van der Waals surface area contributed by atoms with Gasteiger partial charge in [0.2, 0.25) is 0 Å². The SMILES string of the molecule is CNc1cc(NCCC(F)(F)F)cc([N+](=O)[O-])c1. The molecule has 0 unspecified atom stereocenters. The van der Waals surface area contributed by atoms with Crippen molar-refractivity contribution in [2.24, 2.45) is 0 Å². The third-order valence-corrected chi connectivity index (χ3v) is 2.15. The van der Waals surface area contributed by atoms with E-state index in [2.05, 4.69) is 10.6 Å². The van der Waals surface area contributed by atoms with Crippen molar-refractivity contribution >= 4 is 17.1 Å². The minimum absolute atomic E-state index is 0.184. The molecule has 0 aliphatic carbocycles. The van der Waals surface area contributed by atoms with E-state index >= 15 is 0 Å². The Labute approximate surface area is 101 Å². The number of nitrogens with zero attached hydrogens (tertiary/aromatic N) is 1. The van der Waals surface area contributed by atoms with Gasteiger partial charge in [0.1, 0.15) is 0 Å². The molecule has 1 aromatic carbocycles. The second-order valence-electron chi connectivity index (χ2n) is 3.57. The number of rotatable bonds is 5. The fourth-order valence-electron chi connectivity index (χ4n) is 1.31. The third-order valence-electron chi connectivity index (χ3n) is 2.15. The first-order valence-electron chi connectivity index (χ1n) is 5.09. The molecule has 1 aromatic rings. The summed E-state index contributed by atoms with van der Waals surface area (Å²) in [6.07, 6.45) is -5.25. The average molecular weight is 263 g/mol. The second-order valence-corrected chi connectivity index (χ2v) is 3.57. The molecular formula is C10H12F3N3O2. The predicted molar refractivity (Wildman–Crippen MR) is 61.8 cm³/mol. The van der Waals surface area contributed by atoms with E-state index in [0.29, 0.717) is 5.69 Å². The van der Waals surface area contributed by atoms with Crippen molar-refractivity contribution in [3.63, 3.8) is 0 Å². The van der Waals surface area contributed by atoms with E-state index in [-0.39, 0.29) is 17.9 Å². The van der Waals surface area contributed by atoms with Crippen molar-refractivity contribution in [2.75, 3.05) is 24.2 Å². The summed E-state index contributed by atoms with van der Waals surface area (Å²) in [6.45, 7) is -0.326. The van der Waals surface area contributed by atoms with Crippen molar-refractivity contribution in [1.29, 1.82) is 0 Å². The zero-order valence-corrected chi connectivity index (χ0v) is 9.54. The van der Waals surface area contributed by atoms with Crippen molar-refractivity contribution in [2.45, 2.75) is 12.6 Å². The molecule has 0 bridgehead atoms. The van der Waals surface area contributed by atoms with Gasteiger partial charge < -0.3 is 10.6 Å². The van der Waals surface area contributed by atoms with E-state index < -0.39 is 17.5 Å². The number of nitrogens with one attached hydrogen (secondary N) is 2. The van der Waals surface area contributed by atoms with Gasteiger partial charge in [-0.1, -0.05) is 0 Å². The van der Waals surface area contributed by atoms with Crippen LogP contribution in [-0.2, 0) is 0 Å². The van der Waals surface area contributed by atoms with E-state index in [1.54, 1.807) is 7.05 Å². The number of hydrogen-bond acceptors (Lipinski definition) is 4. The van der Waals surface area contributed by atoms with Crippen LogP contribution in [0.1, 0.15) is 6.42 Å². The molecule has 1 rings (SSSR count). The maximum Gasteiger partial charge on any atom is 0.390 e. The molecule has 0 atom stereocenters. The van der Waals surface area contributed by atoms with Gasteiger partial charge >= 0.3 is 6.18 Å². The van der Waals surface area contributed by atoms with Crippen molar-refractivity contribution < 1.29 is 18.1 Å². The zero-order chi connectivity index (χ0) is 13.8. The Bertz CT molecular complexity index is 435. The van der Waals surface area contributed by atoms with Gasteiger partial charge in [0.25, 0.3) is 5.69 Å². The molecule has 0 spiro atoms. The van der Waals surface area contributed by atoms with Crippen LogP contribution in [0.2, 0.25) is 0 Å². The van der Waals surface area contributed by atoms with Crippen LogP contribution in [0.4, 0.5) is 30.2 Å². The van der Waals surface area contributed by atoms with E-state index in [4.69, 9.17) is 0 Å². The number of hydrogen-bond donors (Lipinski definition) is 2. The Hall–Kier alpha value is -1.99. The van der Waals surface area contributed by atoms with Gasteiger partial charge in [0.05, 0.1) is 11.3 Å². The lowest BCUT2D eigenvalue weighted by Crippen LogP contribution is -2.14. The van der Waals surface area contributed by atoms with Gasteiger partial charge in [-0.2, -0.15) is 13.2 Å². The van der Waals surface area contributed by atoms with Gasteiger partial charge in [-0.15, -0.1) is 0 Å². The molecule has 0 heterocycles. The summed E-state index contributed by atoms with van der Waals surface area (Å²) >= 11 is 0. The number of anilines is 2. The monoisotopic (exact) mass is 263 g/mol. The highest BCUT2D eigenvalue weighted by atomic mass is 19.4. The van der Waals surface area contributed by atoms with Crippen molar-refractivity contribution in [3.8, 4) is 0 Å². The maximum atomic E-state index is 12.0. The van der Waals surface area contributed by atoms with Crippen LogP contribution < -0.4 is 10.6 Å². The Kier molecular flexibility index (Phi) is 4.35. The highest BCUT2D eigenvalue weighted by Gasteiger charge is 2.26. The molecule has 8 heteroatoms. The summed E-state index contributed by atoms with van der Waals surface area (Å²) in [4.78, 5) is 10.0. The Morgan fingerprint density at radius 3 is 2.39 bits per heavy atom. The maximum absolute atomic E-state index is 12.0. The number of nitro benzene ring substituents is 1. The highest BCUT2D eigenvalue weighted by Crippen LogP contribution is 2.25. The molecule has 0 saturated heterocycles. The first kappa shape index (κ1) is 14.1. The van der Waals surface area contributed by atoms with Crippen LogP contribution in [0.3, 0.4) is 0 Å². The molecule has 0 aliphatic heterocycles. The summed E-state index contributed by atoms with van der Waals surface area (Å²) in [5.41, 5.74) is 0.549. The molecule has 0 radical (unpaired) electrons. The van der Waals surface area contributed by atoms with Crippen LogP contribution in [0.15, 0.2) is 18.2 Å². The standard InChI is InChI=1S/C10H12F3N3O2/c1-14-7-4-8(6-9(5-7)16(17)18)15-3-2-10(11,12)13/h4-6,14-15H,2-3H2,1H3. The fraction of sp³-hybridized carbons (Fsp3) is 0.400. The Morgan fingerprint density at radius 2 is 1.89 bits per heavy atom. The van der Waals surface area contributed by atoms with E-state index in [1.807, 2.05) is 0 Å². The molecule has 0 fully saturated rings. The number of non-ortho nitro benzene ring substituents is 1. The molecule has 0 aromatic heterocycles. The second kappa shape index (κ2) is 5.56. The van der Waals surface area contributed by atoms with Gasteiger partial charge in [0.15, 0.2) is 0 Å². The van der Waals surface area contributed by atoms with Gasteiger partial charge in [-0.3, -0.25) is 10.1 Å². The largest absolute Gasteiger partial charge is 0.390 e. The molecule has 18 heavy (non-hydrogen) atoms. The molecule has 0 saturated carbocycles. The zero-order valence-electron chi connectivity index (χ0n) is 9.54. The molecule has 5 nitrogen and oxygen atoms in total. The lowest BCUT2D eigenvalue weighted by molar-refractivity contribution is -0.384. The molecule has 0 aliphatic rings. The lowest BCUT2D eigenvalue weighted by atomic mass is 10.2. The van der Waals surface area contributed by atoms with Crippen LogP contribution in [0.25, 0.3) is 0 Å². The number of alkyl halides is 3. The topological polar surface area (TPSA) is 67.2 Å². The van der Waals surface area contributed by atoms with Crippen LogP contribution in [-0.4, -0.2) is 24.7 Å². The molecule has 0 amide bonds. The smallest absolute Gasteiger partial charge is 0.388 e. The first-order valence-corrected chi connectivity index (χ1v) is 5.09. The molecule has 100 valence electrons. The van der Waals surface area contributed by atoms with Crippen LogP contribution in [0, 0.1) is 10.1 Å². The summed E-state index contributed by atoms with van der Waals surface area (Å²) in [7, 11) is 1.57. The number of nitro groups is 1. The Balaban J connectivity index is 2.76. The van der Waals surface area contributed by atoms with Gasteiger partial charge in [-0.05, 0) is 6.07 Å². The van der Waals surface area contributed by atoms with Gasteiger partial charge in [0, 0.05) is 37.1 Å². The number of halogens is 3. The minimum Gasteiger partial charge on any atom is -0.388 e. The third kappa shape index (κ3) is 4.48. The quantitative estimate of drug-likeness (QED) is 0.633. The van der Waals surface area contributed by atoms with E-state index in [9.17, 15) is 23.3 Å². The Morgan fingerprint density at radius 1 is 1.28 bits per heavy atom. The van der Waals surface area contributed by atoms with E-state index in [0.717, 1.165) is 0 Å². The lowest BCUT2D eigenvalue weighted by Gasteiger charge is -2.10. The minimum atomic E-state index is -4.25. The van der Waals surface area contributed by atoms with Gasteiger partial charge in [-0.25, -0.2) is 0 Å². The highest BCUT2D eigenvalue weighted by molar-refractivity contribution is 5.63. The fourth-order valence-corrected chi connectivity index (χ4v) is 1.31. The summed E-state index contributed by atoms with van der Waals surface area (Å²) in [6, 6.07) is 4.00. The first-order chi connectivity index (χ1) is 8.31. The van der Waals surface area contributed by atoms with Crippen molar-refractivity contribution in [1.82, 2.24) is 0 Å². The van der Waals surface area contributed by atoms with E-state index in [1.165, 1.54) is 18.2 Å². The predicted octanol–water partition coefficient (Wildman–Crippen LogP) is 3.00. The molecular weight excluding hydrogens is 251 g/mol.